The Morgan fingerprint density at radius 1 is 1.09 bits per heavy atom. The Kier molecular flexibility index (Phi) is 5.71. The van der Waals surface area contributed by atoms with Gasteiger partial charge in [-0.25, -0.2) is 0 Å². The first-order valence-corrected chi connectivity index (χ1v) is 8.57. The lowest BCUT2D eigenvalue weighted by atomic mass is 9.79. The van der Waals surface area contributed by atoms with Crippen LogP contribution in [0.15, 0.2) is 24.3 Å². The molecule has 1 heterocycles. The first-order chi connectivity index (χ1) is 10.7. The first-order valence-electron chi connectivity index (χ1n) is 8.57. The summed E-state index contributed by atoms with van der Waals surface area (Å²) in [6, 6.07) is 8.58. The number of ether oxygens (including phenoxy) is 1. The molecule has 0 radical (unpaired) electrons. The number of hydrogen-bond acceptors (Lipinski definition) is 4. The van der Waals surface area contributed by atoms with Gasteiger partial charge in [0.05, 0.1) is 0 Å². The molecule has 0 aliphatic carbocycles. The second-order valence-electron chi connectivity index (χ2n) is 8.12. The number of nitrogens with zero attached hydrogens (tertiary/aromatic N) is 1. The van der Waals surface area contributed by atoms with E-state index in [0.717, 1.165) is 31.9 Å². The molecule has 0 unspecified atom stereocenters. The van der Waals surface area contributed by atoms with Gasteiger partial charge in [0.1, 0.15) is 11.4 Å². The standard InChI is InChI=1S/C19H32N2O2/c1-18(2,3)23-16-8-6-15(7-9-16)17(19(4,5)14-22)21-12-10-20-11-13-21/h6-9,17,20,22H,10-14H2,1-5H3/t17-/m0/s1. The van der Waals surface area contributed by atoms with Crippen LogP contribution in [0, 0.1) is 5.41 Å². The van der Waals surface area contributed by atoms with Gasteiger partial charge in [0.2, 0.25) is 0 Å². The second kappa shape index (κ2) is 7.20. The Hall–Kier alpha value is -1.10. The van der Waals surface area contributed by atoms with Crippen LogP contribution < -0.4 is 10.1 Å². The van der Waals surface area contributed by atoms with Crippen LogP contribution in [0.5, 0.6) is 5.75 Å². The smallest absolute Gasteiger partial charge is 0.120 e. The third-order valence-corrected chi connectivity index (χ3v) is 4.28. The van der Waals surface area contributed by atoms with E-state index in [-0.39, 0.29) is 23.7 Å². The summed E-state index contributed by atoms with van der Waals surface area (Å²) < 4.78 is 5.92. The summed E-state index contributed by atoms with van der Waals surface area (Å²) in [5.74, 6) is 0.891. The van der Waals surface area contributed by atoms with E-state index in [0.29, 0.717) is 0 Å². The van der Waals surface area contributed by atoms with E-state index < -0.39 is 0 Å². The van der Waals surface area contributed by atoms with Gasteiger partial charge in [-0.1, -0.05) is 26.0 Å². The van der Waals surface area contributed by atoms with Gasteiger partial charge in [0.25, 0.3) is 0 Å². The van der Waals surface area contributed by atoms with Gasteiger partial charge in [-0.3, -0.25) is 4.90 Å². The molecule has 4 nitrogen and oxygen atoms in total. The fourth-order valence-corrected chi connectivity index (χ4v) is 3.25. The average molecular weight is 320 g/mol. The Morgan fingerprint density at radius 2 is 1.65 bits per heavy atom. The van der Waals surface area contributed by atoms with Crippen molar-refractivity contribution < 1.29 is 9.84 Å². The van der Waals surface area contributed by atoms with Gasteiger partial charge in [0, 0.05) is 44.2 Å². The van der Waals surface area contributed by atoms with Crippen LogP contribution in [0.1, 0.15) is 46.2 Å². The van der Waals surface area contributed by atoms with E-state index in [1.807, 2.05) is 12.1 Å². The molecule has 2 rings (SSSR count). The number of rotatable bonds is 5. The summed E-state index contributed by atoms with van der Waals surface area (Å²) in [7, 11) is 0. The molecule has 4 heteroatoms. The zero-order valence-electron chi connectivity index (χ0n) is 15.2. The van der Waals surface area contributed by atoms with Gasteiger partial charge >= 0.3 is 0 Å². The van der Waals surface area contributed by atoms with Crippen LogP contribution in [0.2, 0.25) is 0 Å². The van der Waals surface area contributed by atoms with Crippen molar-refractivity contribution in [2.75, 3.05) is 32.8 Å². The first kappa shape index (κ1) is 18.2. The third-order valence-electron chi connectivity index (χ3n) is 4.28. The highest BCUT2D eigenvalue weighted by Gasteiger charge is 2.35. The monoisotopic (exact) mass is 320 g/mol. The molecule has 0 aromatic heterocycles. The normalized spacial score (nSPS) is 18.7. The van der Waals surface area contributed by atoms with Crippen LogP contribution in [0.25, 0.3) is 0 Å². The largest absolute Gasteiger partial charge is 0.488 e. The summed E-state index contributed by atoms with van der Waals surface area (Å²) in [6.07, 6.45) is 0. The Bertz CT molecular complexity index is 485. The zero-order chi connectivity index (χ0) is 17.1. The van der Waals surface area contributed by atoms with Gasteiger partial charge in [-0.15, -0.1) is 0 Å². The molecule has 23 heavy (non-hydrogen) atoms. The van der Waals surface area contributed by atoms with Crippen LogP contribution in [0.3, 0.4) is 0 Å². The number of hydrogen-bond donors (Lipinski definition) is 2. The van der Waals surface area contributed by atoms with Crippen molar-refractivity contribution in [3.8, 4) is 5.75 Å². The minimum Gasteiger partial charge on any atom is -0.488 e. The number of piperazine rings is 1. The van der Waals surface area contributed by atoms with Crippen LogP contribution in [-0.4, -0.2) is 48.4 Å². The SMILES string of the molecule is CC(C)(C)Oc1ccc([C@H](N2CCNCC2)C(C)(C)CO)cc1. The van der Waals surface area contributed by atoms with E-state index in [1.165, 1.54) is 5.56 Å². The molecule has 2 N–H and O–H groups in total. The van der Waals surface area contributed by atoms with E-state index in [4.69, 9.17) is 4.74 Å². The van der Waals surface area contributed by atoms with Crippen LogP contribution in [-0.2, 0) is 0 Å². The lowest BCUT2D eigenvalue weighted by molar-refractivity contribution is 0.0304. The predicted molar refractivity (Wildman–Crippen MR) is 94.9 cm³/mol. The lowest BCUT2D eigenvalue weighted by Gasteiger charge is -2.43. The van der Waals surface area contributed by atoms with Gasteiger partial charge in [-0.05, 0) is 38.5 Å². The van der Waals surface area contributed by atoms with Gasteiger partial charge < -0.3 is 15.2 Å². The van der Waals surface area contributed by atoms with E-state index in [2.05, 4.69) is 57.0 Å². The highest BCUT2D eigenvalue weighted by molar-refractivity contribution is 5.31. The summed E-state index contributed by atoms with van der Waals surface area (Å²) in [5, 5.41) is 13.3. The van der Waals surface area contributed by atoms with Gasteiger partial charge in [-0.2, -0.15) is 0 Å². The molecule has 1 aliphatic rings. The molecule has 1 saturated heterocycles. The Labute approximate surface area is 140 Å². The van der Waals surface area contributed by atoms with E-state index in [9.17, 15) is 5.11 Å². The van der Waals surface area contributed by atoms with Crippen LogP contribution in [0.4, 0.5) is 0 Å². The average Bonchev–Trinajstić information content (AvgIpc) is 2.49. The fraction of sp³-hybridized carbons (Fsp3) is 0.684. The van der Waals surface area contributed by atoms with Crippen molar-refractivity contribution >= 4 is 0 Å². The number of aliphatic hydroxyl groups excluding tert-OH is 1. The molecular weight excluding hydrogens is 288 g/mol. The molecule has 1 aliphatic heterocycles. The predicted octanol–water partition coefficient (Wildman–Crippen LogP) is 2.83. The molecule has 1 atom stereocenters. The molecule has 0 amide bonds. The summed E-state index contributed by atoms with van der Waals surface area (Å²) >= 11 is 0. The molecular formula is C19H32N2O2. The molecule has 0 bridgehead atoms. The molecule has 0 saturated carbocycles. The Balaban J connectivity index is 2.24. The number of aliphatic hydroxyl groups is 1. The molecule has 130 valence electrons. The van der Waals surface area contributed by atoms with Crippen molar-refractivity contribution in [1.29, 1.82) is 0 Å². The van der Waals surface area contributed by atoms with E-state index >= 15 is 0 Å². The number of benzene rings is 1. The van der Waals surface area contributed by atoms with Crippen molar-refractivity contribution in [2.24, 2.45) is 5.41 Å². The molecule has 1 aromatic rings. The quantitative estimate of drug-likeness (QED) is 0.876. The molecule has 1 aromatic carbocycles. The highest BCUT2D eigenvalue weighted by Crippen LogP contribution is 2.38. The maximum Gasteiger partial charge on any atom is 0.120 e. The maximum atomic E-state index is 9.90. The minimum atomic E-state index is -0.191. The third kappa shape index (κ3) is 4.93. The summed E-state index contributed by atoms with van der Waals surface area (Å²) in [5.41, 5.74) is 0.861. The topological polar surface area (TPSA) is 44.7 Å². The van der Waals surface area contributed by atoms with Crippen molar-refractivity contribution in [3.05, 3.63) is 29.8 Å². The summed E-state index contributed by atoms with van der Waals surface area (Å²) in [6.45, 7) is 14.6. The highest BCUT2D eigenvalue weighted by atomic mass is 16.5. The van der Waals surface area contributed by atoms with Crippen molar-refractivity contribution in [3.63, 3.8) is 0 Å². The van der Waals surface area contributed by atoms with Crippen molar-refractivity contribution in [2.45, 2.75) is 46.3 Å². The maximum absolute atomic E-state index is 9.90. The zero-order valence-corrected chi connectivity index (χ0v) is 15.2. The molecule has 1 fully saturated rings. The lowest BCUT2D eigenvalue weighted by Crippen LogP contribution is -2.49. The minimum absolute atomic E-state index is 0.168. The Morgan fingerprint density at radius 3 is 2.13 bits per heavy atom. The molecule has 0 spiro atoms. The second-order valence-corrected chi connectivity index (χ2v) is 8.12. The number of nitrogens with one attached hydrogen (secondary N) is 1. The summed E-state index contributed by atoms with van der Waals surface area (Å²) in [4.78, 5) is 2.48. The van der Waals surface area contributed by atoms with E-state index in [1.54, 1.807) is 0 Å². The van der Waals surface area contributed by atoms with Crippen molar-refractivity contribution in [1.82, 2.24) is 10.2 Å². The van der Waals surface area contributed by atoms with Crippen LogP contribution >= 0.6 is 0 Å². The fourth-order valence-electron chi connectivity index (χ4n) is 3.25. The van der Waals surface area contributed by atoms with Gasteiger partial charge in [0.15, 0.2) is 0 Å².